The molecule has 0 unspecified atom stereocenters. The highest BCUT2D eigenvalue weighted by Crippen LogP contribution is 2.38. The second-order valence-corrected chi connectivity index (χ2v) is 10.9. The van der Waals surface area contributed by atoms with Crippen molar-refractivity contribution >= 4 is 11.9 Å². The third-order valence-corrected chi connectivity index (χ3v) is 7.91. The fourth-order valence-corrected chi connectivity index (χ4v) is 5.48. The summed E-state index contributed by atoms with van der Waals surface area (Å²) in [6, 6.07) is 21.3. The smallest absolute Gasteiger partial charge is 0.253 e. The van der Waals surface area contributed by atoms with Crippen molar-refractivity contribution in [2.45, 2.75) is 38.1 Å². The van der Waals surface area contributed by atoms with E-state index in [1.54, 1.807) is 36.9 Å². The van der Waals surface area contributed by atoms with Crippen molar-refractivity contribution in [1.82, 2.24) is 25.2 Å². The Balaban J connectivity index is 1.11. The molecule has 2 N–H and O–H groups in total. The van der Waals surface area contributed by atoms with E-state index in [9.17, 15) is 9.90 Å². The van der Waals surface area contributed by atoms with Gasteiger partial charge in [-0.05, 0) is 34.9 Å². The Hall–Kier alpha value is -4.22. The molecule has 2 aromatic carbocycles. The van der Waals surface area contributed by atoms with Gasteiger partial charge in [0.1, 0.15) is 0 Å². The molecular formula is C33H36N6O4. The largest absolute Gasteiger partial charge is 0.392 e. The lowest BCUT2D eigenvalue weighted by molar-refractivity contribution is -0.253. The van der Waals surface area contributed by atoms with Crippen LogP contribution in [0.25, 0.3) is 0 Å². The summed E-state index contributed by atoms with van der Waals surface area (Å²) in [5, 5.41) is 12.4. The Bertz CT molecular complexity index is 1450. The zero-order valence-electron chi connectivity index (χ0n) is 24.0. The molecule has 2 aromatic heterocycles. The molecule has 0 saturated carbocycles. The highest BCUT2D eigenvalue weighted by Gasteiger charge is 2.34. The quantitative estimate of drug-likeness (QED) is 0.306. The second kappa shape index (κ2) is 13.8. The predicted octanol–water partition coefficient (Wildman–Crippen LogP) is 3.66. The molecule has 2 aliphatic heterocycles. The summed E-state index contributed by atoms with van der Waals surface area (Å²) in [5.41, 5.74) is 4.37. The summed E-state index contributed by atoms with van der Waals surface area (Å²) in [6.45, 7) is 4.74. The maximum atomic E-state index is 12.4. The first kappa shape index (κ1) is 28.9. The summed E-state index contributed by atoms with van der Waals surface area (Å²) < 4.78 is 13.1. The number of aliphatic hydroxyl groups excluding tert-OH is 1. The standard InChI is InChI=1S/C33H36N6O4/c40-23-25-6-8-26(9-7-25)30-19-29(22-38-15-17-39(18-16-38)33-35-13-2-14-36-33)42-32(43-30)27-10-4-24(5-11-27)20-37-31(41)28-3-1-12-34-21-28/h1-14,21,29-30,32,40H,15-20,22-23H2,(H,37,41)/t29-,30+,32+/m1/s1. The second-order valence-electron chi connectivity index (χ2n) is 10.9. The van der Waals surface area contributed by atoms with Crippen LogP contribution in [0.1, 0.15) is 51.4 Å². The number of carbonyl (C=O) groups is 1. The van der Waals surface area contributed by atoms with Crippen molar-refractivity contribution in [3.63, 3.8) is 0 Å². The number of carbonyl (C=O) groups excluding carboxylic acids is 1. The molecule has 222 valence electrons. The van der Waals surface area contributed by atoms with E-state index in [1.807, 2.05) is 54.6 Å². The summed E-state index contributed by atoms with van der Waals surface area (Å²) in [7, 11) is 0. The van der Waals surface area contributed by atoms with E-state index in [0.717, 1.165) is 67.3 Å². The highest BCUT2D eigenvalue weighted by atomic mass is 16.7. The van der Waals surface area contributed by atoms with Crippen molar-refractivity contribution in [3.05, 3.63) is 119 Å². The van der Waals surface area contributed by atoms with Crippen molar-refractivity contribution in [2.24, 2.45) is 0 Å². The molecule has 10 nitrogen and oxygen atoms in total. The molecule has 0 aliphatic carbocycles. The first-order valence-electron chi connectivity index (χ1n) is 14.7. The monoisotopic (exact) mass is 580 g/mol. The van der Waals surface area contributed by atoms with Crippen LogP contribution in [0.5, 0.6) is 0 Å². The van der Waals surface area contributed by atoms with Gasteiger partial charge in [0.2, 0.25) is 5.95 Å². The molecule has 43 heavy (non-hydrogen) atoms. The minimum atomic E-state index is -0.528. The number of aliphatic hydroxyl groups is 1. The van der Waals surface area contributed by atoms with Gasteiger partial charge in [-0.25, -0.2) is 9.97 Å². The zero-order valence-corrected chi connectivity index (χ0v) is 24.0. The van der Waals surface area contributed by atoms with Crippen molar-refractivity contribution in [3.8, 4) is 0 Å². The molecule has 3 atom stereocenters. The van der Waals surface area contributed by atoms with Gasteiger partial charge < -0.3 is 24.8 Å². The van der Waals surface area contributed by atoms with Crippen LogP contribution in [0.4, 0.5) is 5.95 Å². The molecule has 4 heterocycles. The Morgan fingerprint density at radius 2 is 1.58 bits per heavy atom. The number of ether oxygens (including phenoxy) is 2. The fourth-order valence-electron chi connectivity index (χ4n) is 5.48. The number of nitrogens with zero attached hydrogens (tertiary/aromatic N) is 5. The molecule has 0 radical (unpaired) electrons. The third-order valence-electron chi connectivity index (χ3n) is 7.91. The number of rotatable bonds is 9. The van der Waals surface area contributed by atoms with Crippen LogP contribution in [0.3, 0.4) is 0 Å². The van der Waals surface area contributed by atoms with Crippen LogP contribution < -0.4 is 10.2 Å². The molecule has 0 spiro atoms. The Morgan fingerprint density at radius 3 is 2.28 bits per heavy atom. The van der Waals surface area contributed by atoms with Crippen LogP contribution in [0.2, 0.25) is 0 Å². The lowest BCUT2D eigenvalue weighted by atomic mass is 9.99. The maximum Gasteiger partial charge on any atom is 0.253 e. The summed E-state index contributed by atoms with van der Waals surface area (Å²) in [4.78, 5) is 29.9. The van der Waals surface area contributed by atoms with Crippen molar-refractivity contribution in [2.75, 3.05) is 37.6 Å². The summed E-state index contributed by atoms with van der Waals surface area (Å²) >= 11 is 0. The maximum absolute atomic E-state index is 12.4. The van der Waals surface area contributed by atoms with E-state index in [1.165, 1.54) is 0 Å². The number of hydrogen-bond donors (Lipinski definition) is 2. The van der Waals surface area contributed by atoms with E-state index < -0.39 is 6.29 Å². The number of anilines is 1. The molecule has 6 rings (SSSR count). The van der Waals surface area contributed by atoms with Gasteiger partial charge in [0, 0.05) is 76.0 Å². The van der Waals surface area contributed by atoms with Gasteiger partial charge in [-0.3, -0.25) is 14.7 Å². The van der Waals surface area contributed by atoms with Gasteiger partial charge >= 0.3 is 0 Å². The Morgan fingerprint density at radius 1 is 0.860 bits per heavy atom. The van der Waals surface area contributed by atoms with Gasteiger partial charge in [0.25, 0.3) is 5.91 Å². The molecule has 2 saturated heterocycles. The van der Waals surface area contributed by atoms with Crippen molar-refractivity contribution in [1.29, 1.82) is 0 Å². The lowest BCUT2D eigenvalue weighted by Crippen LogP contribution is -2.50. The van der Waals surface area contributed by atoms with Crippen LogP contribution in [-0.2, 0) is 22.6 Å². The van der Waals surface area contributed by atoms with Gasteiger partial charge in [0.15, 0.2) is 6.29 Å². The van der Waals surface area contributed by atoms with E-state index in [4.69, 9.17) is 9.47 Å². The minimum Gasteiger partial charge on any atom is -0.392 e. The van der Waals surface area contributed by atoms with E-state index in [0.29, 0.717) is 12.1 Å². The number of pyridine rings is 1. The zero-order chi connectivity index (χ0) is 29.4. The van der Waals surface area contributed by atoms with Gasteiger partial charge in [0.05, 0.1) is 24.4 Å². The molecule has 10 heteroatoms. The van der Waals surface area contributed by atoms with Crippen LogP contribution in [-0.4, -0.2) is 69.7 Å². The summed E-state index contributed by atoms with van der Waals surface area (Å²) in [6.07, 6.45) is 6.79. The van der Waals surface area contributed by atoms with Crippen molar-refractivity contribution < 1.29 is 19.4 Å². The van der Waals surface area contributed by atoms with Crippen LogP contribution in [0, 0.1) is 0 Å². The summed E-state index contributed by atoms with van der Waals surface area (Å²) in [5.74, 6) is 0.613. The fraction of sp³-hybridized carbons (Fsp3) is 0.333. The average Bonchev–Trinajstić information content (AvgIpc) is 3.08. The molecule has 2 aliphatic rings. The highest BCUT2D eigenvalue weighted by molar-refractivity contribution is 5.93. The molecule has 1 amide bonds. The number of hydrogen-bond acceptors (Lipinski definition) is 9. The Kier molecular flexibility index (Phi) is 9.29. The number of amides is 1. The predicted molar refractivity (Wildman–Crippen MR) is 161 cm³/mol. The number of nitrogens with one attached hydrogen (secondary N) is 1. The first-order valence-corrected chi connectivity index (χ1v) is 14.7. The number of piperazine rings is 1. The van der Waals surface area contributed by atoms with E-state index in [-0.39, 0.29) is 24.7 Å². The lowest BCUT2D eigenvalue weighted by Gasteiger charge is -2.40. The molecule has 4 aromatic rings. The normalized spacial score (nSPS) is 21.0. The molecule has 0 bridgehead atoms. The van der Waals surface area contributed by atoms with Gasteiger partial charge in [-0.2, -0.15) is 0 Å². The average molecular weight is 581 g/mol. The first-order chi connectivity index (χ1) is 21.1. The number of benzene rings is 2. The minimum absolute atomic E-state index is 0.00913. The third kappa shape index (κ3) is 7.41. The Labute approximate surface area is 251 Å². The SMILES string of the molecule is O=C(NCc1ccc([C@H]2O[C@@H](CN3CCN(c4ncccn4)CC3)C[C@@H](c3ccc(CO)cc3)O2)cc1)c1cccnc1. The van der Waals surface area contributed by atoms with Gasteiger partial charge in [-0.1, -0.05) is 48.5 Å². The van der Waals surface area contributed by atoms with Crippen LogP contribution >= 0.6 is 0 Å². The molecular weight excluding hydrogens is 544 g/mol. The van der Waals surface area contributed by atoms with E-state index in [2.05, 4.69) is 30.1 Å². The topological polar surface area (TPSA) is 113 Å². The number of aromatic nitrogens is 3. The van der Waals surface area contributed by atoms with Crippen LogP contribution in [0.15, 0.2) is 91.5 Å². The van der Waals surface area contributed by atoms with Gasteiger partial charge in [-0.15, -0.1) is 0 Å². The van der Waals surface area contributed by atoms with E-state index >= 15 is 0 Å². The molecule has 2 fully saturated rings.